The van der Waals surface area contributed by atoms with Gasteiger partial charge in [-0.25, -0.2) is 0 Å². The fourth-order valence-electron chi connectivity index (χ4n) is 2.78. The number of nitrogens with zero attached hydrogens (tertiary/aromatic N) is 1. The molecule has 0 amide bonds. The highest BCUT2D eigenvalue weighted by Crippen LogP contribution is 2.33. The Morgan fingerprint density at radius 2 is 2.05 bits per heavy atom. The molecule has 20 heavy (non-hydrogen) atoms. The van der Waals surface area contributed by atoms with Gasteiger partial charge in [0, 0.05) is 36.2 Å². The average Bonchev–Trinajstić information content (AvgIpc) is 2.48. The second-order valence-corrected chi connectivity index (χ2v) is 6.11. The summed E-state index contributed by atoms with van der Waals surface area (Å²) in [7, 11) is 2.05. The maximum absolute atomic E-state index is 11.5. The van der Waals surface area contributed by atoms with Crippen molar-refractivity contribution in [1.29, 1.82) is 0 Å². The number of hydrogen-bond donors (Lipinski definition) is 0. The van der Waals surface area contributed by atoms with Crippen LogP contribution in [0.15, 0.2) is 24.3 Å². The molecule has 0 saturated carbocycles. The molecule has 1 aromatic carbocycles. The summed E-state index contributed by atoms with van der Waals surface area (Å²) in [5, 5.41) is 0.777. The first kappa shape index (κ1) is 15.5. The van der Waals surface area contributed by atoms with Gasteiger partial charge in [0.15, 0.2) is 0 Å². The van der Waals surface area contributed by atoms with Crippen molar-refractivity contribution >= 4 is 17.9 Å². The van der Waals surface area contributed by atoms with Crippen LogP contribution in [0.3, 0.4) is 0 Å². The molecule has 1 aromatic rings. The van der Waals surface area contributed by atoms with Crippen LogP contribution >= 0.6 is 11.6 Å². The van der Waals surface area contributed by atoms with E-state index in [4.69, 9.17) is 16.3 Å². The first-order valence-electron chi connectivity index (χ1n) is 7.07. The van der Waals surface area contributed by atoms with Gasteiger partial charge in [-0.3, -0.25) is 4.90 Å². The molecule has 1 aliphatic rings. The van der Waals surface area contributed by atoms with Gasteiger partial charge in [0.1, 0.15) is 6.29 Å². The zero-order valence-corrected chi connectivity index (χ0v) is 12.9. The van der Waals surface area contributed by atoms with Crippen molar-refractivity contribution < 1.29 is 9.53 Å². The minimum absolute atomic E-state index is 0.184. The van der Waals surface area contributed by atoms with E-state index in [1.165, 1.54) is 0 Å². The molecule has 0 aliphatic carbocycles. The van der Waals surface area contributed by atoms with Crippen LogP contribution < -0.4 is 0 Å². The number of carbonyl (C=O) groups is 1. The molecule has 4 heteroatoms. The summed E-state index contributed by atoms with van der Waals surface area (Å²) >= 11 is 6.26. The SMILES string of the molecule is CC(c1ccccc1Cl)N(C)CC1(C=O)CCOCC1. The third-order valence-electron chi connectivity index (χ3n) is 4.32. The minimum atomic E-state index is -0.275. The van der Waals surface area contributed by atoms with Crippen molar-refractivity contribution in [3.8, 4) is 0 Å². The van der Waals surface area contributed by atoms with E-state index >= 15 is 0 Å². The lowest BCUT2D eigenvalue weighted by atomic mass is 9.81. The Balaban J connectivity index is 2.09. The molecule has 0 bridgehead atoms. The van der Waals surface area contributed by atoms with E-state index in [2.05, 4.69) is 18.9 Å². The van der Waals surface area contributed by atoms with Crippen molar-refractivity contribution in [2.45, 2.75) is 25.8 Å². The third-order valence-corrected chi connectivity index (χ3v) is 4.66. The molecule has 3 nitrogen and oxygen atoms in total. The number of aldehydes is 1. The van der Waals surface area contributed by atoms with Crippen molar-refractivity contribution in [1.82, 2.24) is 4.90 Å². The van der Waals surface area contributed by atoms with Gasteiger partial charge < -0.3 is 9.53 Å². The molecule has 0 radical (unpaired) electrons. The van der Waals surface area contributed by atoms with Crippen LogP contribution in [0.2, 0.25) is 5.02 Å². The van der Waals surface area contributed by atoms with Crippen molar-refractivity contribution in [3.05, 3.63) is 34.9 Å². The molecular weight excluding hydrogens is 274 g/mol. The molecule has 2 rings (SSSR count). The lowest BCUT2D eigenvalue weighted by molar-refractivity contribution is -0.123. The zero-order valence-electron chi connectivity index (χ0n) is 12.1. The van der Waals surface area contributed by atoms with Gasteiger partial charge in [-0.2, -0.15) is 0 Å². The summed E-state index contributed by atoms with van der Waals surface area (Å²) in [6, 6.07) is 8.06. The van der Waals surface area contributed by atoms with Crippen molar-refractivity contribution in [2.24, 2.45) is 5.41 Å². The molecule has 0 aromatic heterocycles. The molecular formula is C16H22ClNO2. The van der Waals surface area contributed by atoms with Gasteiger partial charge in [0.2, 0.25) is 0 Å². The fourth-order valence-corrected chi connectivity index (χ4v) is 3.07. The van der Waals surface area contributed by atoms with E-state index in [0.717, 1.165) is 36.3 Å². The number of rotatable bonds is 5. The number of carbonyl (C=O) groups excluding carboxylic acids is 1. The molecule has 1 atom stereocenters. The normalized spacial score (nSPS) is 19.8. The van der Waals surface area contributed by atoms with Crippen LogP contribution in [0.1, 0.15) is 31.4 Å². The Kier molecular flexibility index (Phi) is 5.19. The van der Waals surface area contributed by atoms with E-state index in [0.29, 0.717) is 13.2 Å². The predicted molar refractivity (Wildman–Crippen MR) is 81.0 cm³/mol. The zero-order chi connectivity index (χ0) is 14.6. The summed E-state index contributed by atoms with van der Waals surface area (Å²) < 4.78 is 5.37. The third kappa shape index (κ3) is 3.40. The summed E-state index contributed by atoms with van der Waals surface area (Å²) in [5.41, 5.74) is 0.826. The highest BCUT2D eigenvalue weighted by Gasteiger charge is 2.34. The first-order valence-corrected chi connectivity index (χ1v) is 7.44. The Hall–Kier alpha value is -0.900. The average molecular weight is 296 g/mol. The van der Waals surface area contributed by atoms with Gasteiger partial charge in [-0.15, -0.1) is 0 Å². The number of ether oxygens (including phenoxy) is 1. The minimum Gasteiger partial charge on any atom is -0.381 e. The van der Waals surface area contributed by atoms with Crippen molar-refractivity contribution in [2.75, 3.05) is 26.8 Å². The van der Waals surface area contributed by atoms with Crippen LogP contribution in [0.25, 0.3) is 0 Å². The topological polar surface area (TPSA) is 29.5 Å². The van der Waals surface area contributed by atoms with E-state index in [1.807, 2.05) is 24.3 Å². The number of benzene rings is 1. The van der Waals surface area contributed by atoms with Gasteiger partial charge in [-0.1, -0.05) is 29.8 Å². The predicted octanol–water partition coefficient (Wildman–Crippen LogP) is 3.33. The second kappa shape index (κ2) is 6.70. The first-order chi connectivity index (χ1) is 9.58. The van der Waals surface area contributed by atoms with Crippen LogP contribution in [0.4, 0.5) is 0 Å². The van der Waals surface area contributed by atoms with Gasteiger partial charge >= 0.3 is 0 Å². The fraction of sp³-hybridized carbons (Fsp3) is 0.562. The van der Waals surface area contributed by atoms with Crippen molar-refractivity contribution in [3.63, 3.8) is 0 Å². The summed E-state index contributed by atoms with van der Waals surface area (Å²) in [6.07, 6.45) is 2.72. The summed E-state index contributed by atoms with van der Waals surface area (Å²) in [6.45, 7) is 4.21. The van der Waals surface area contributed by atoms with Gasteiger partial charge in [0.25, 0.3) is 0 Å². The highest BCUT2D eigenvalue weighted by atomic mass is 35.5. The van der Waals surface area contributed by atoms with E-state index in [9.17, 15) is 4.79 Å². The molecule has 1 heterocycles. The molecule has 1 saturated heterocycles. The maximum atomic E-state index is 11.5. The summed E-state index contributed by atoms with van der Waals surface area (Å²) in [4.78, 5) is 13.7. The molecule has 0 spiro atoms. The quantitative estimate of drug-likeness (QED) is 0.781. The number of halogens is 1. The molecule has 1 fully saturated rings. The Morgan fingerprint density at radius 1 is 1.40 bits per heavy atom. The van der Waals surface area contributed by atoms with E-state index in [1.54, 1.807) is 0 Å². The molecule has 0 N–H and O–H groups in total. The van der Waals surface area contributed by atoms with E-state index in [-0.39, 0.29) is 11.5 Å². The Labute approximate surface area is 125 Å². The van der Waals surface area contributed by atoms with Crippen LogP contribution in [0.5, 0.6) is 0 Å². The van der Waals surface area contributed by atoms with Crippen LogP contribution in [0, 0.1) is 5.41 Å². The van der Waals surface area contributed by atoms with Gasteiger partial charge in [-0.05, 0) is 38.4 Å². The lowest BCUT2D eigenvalue weighted by Gasteiger charge is -2.37. The second-order valence-electron chi connectivity index (χ2n) is 5.71. The smallest absolute Gasteiger partial charge is 0.127 e. The summed E-state index contributed by atoms with van der Waals surface area (Å²) in [5.74, 6) is 0. The molecule has 1 unspecified atom stereocenters. The largest absolute Gasteiger partial charge is 0.381 e. The monoisotopic (exact) mass is 295 g/mol. The van der Waals surface area contributed by atoms with Crippen LogP contribution in [-0.4, -0.2) is 38.0 Å². The van der Waals surface area contributed by atoms with Crippen LogP contribution in [-0.2, 0) is 9.53 Å². The highest BCUT2D eigenvalue weighted by molar-refractivity contribution is 6.31. The van der Waals surface area contributed by atoms with Gasteiger partial charge in [0.05, 0.1) is 0 Å². The Morgan fingerprint density at radius 3 is 2.65 bits per heavy atom. The number of hydrogen-bond acceptors (Lipinski definition) is 3. The maximum Gasteiger partial charge on any atom is 0.127 e. The standard InChI is InChI=1S/C16H22ClNO2/c1-13(14-5-3-4-6-15(14)17)18(2)11-16(12-19)7-9-20-10-8-16/h3-6,12-13H,7-11H2,1-2H3. The molecule has 110 valence electrons. The Bertz CT molecular complexity index is 458. The molecule has 1 aliphatic heterocycles. The lowest BCUT2D eigenvalue weighted by Crippen LogP contribution is -2.42. The van der Waals surface area contributed by atoms with E-state index < -0.39 is 0 Å².